The summed E-state index contributed by atoms with van der Waals surface area (Å²) in [4.78, 5) is 14.0. The lowest BCUT2D eigenvalue weighted by molar-refractivity contribution is -0.143. The second-order valence-corrected chi connectivity index (χ2v) is 4.35. The molecule has 2 atom stereocenters. The Morgan fingerprint density at radius 1 is 1.53 bits per heavy atom. The summed E-state index contributed by atoms with van der Waals surface area (Å²) in [7, 11) is 1.88. The number of hydrogen-bond donors (Lipinski definition) is 1. The fourth-order valence-corrected chi connectivity index (χ4v) is 2.61. The summed E-state index contributed by atoms with van der Waals surface area (Å²) in [6.45, 7) is 2.27. The van der Waals surface area contributed by atoms with Crippen molar-refractivity contribution >= 4 is 5.91 Å². The second kappa shape index (κ2) is 4.94. The van der Waals surface area contributed by atoms with E-state index in [0.29, 0.717) is 25.2 Å². The Hall–Kier alpha value is -0.610. The number of fused-ring (bicyclic) bond motifs is 1. The van der Waals surface area contributed by atoms with Gasteiger partial charge in [-0.05, 0) is 26.3 Å². The Bertz CT molecular complexity index is 233. The van der Waals surface area contributed by atoms with Gasteiger partial charge in [-0.25, -0.2) is 0 Å². The Morgan fingerprint density at radius 3 is 3.20 bits per heavy atom. The highest BCUT2D eigenvalue weighted by atomic mass is 16.5. The predicted molar refractivity (Wildman–Crippen MR) is 57.6 cm³/mol. The molecule has 1 aliphatic carbocycles. The molecule has 0 bridgehead atoms. The van der Waals surface area contributed by atoms with Gasteiger partial charge < -0.3 is 15.0 Å². The number of nitrogens with one attached hydrogen (secondary N) is 1. The zero-order chi connectivity index (χ0) is 10.7. The summed E-state index contributed by atoms with van der Waals surface area (Å²) in [5.74, 6) is 0.282. The van der Waals surface area contributed by atoms with Crippen LogP contribution in [-0.2, 0) is 9.53 Å². The van der Waals surface area contributed by atoms with Crippen LogP contribution in [0.1, 0.15) is 25.7 Å². The number of amides is 1. The van der Waals surface area contributed by atoms with E-state index in [1.807, 2.05) is 11.9 Å². The summed E-state index contributed by atoms with van der Waals surface area (Å²) < 4.78 is 5.68. The van der Waals surface area contributed by atoms with Gasteiger partial charge in [0.1, 0.15) is 0 Å². The summed E-state index contributed by atoms with van der Waals surface area (Å²) >= 11 is 0. The molecule has 1 saturated carbocycles. The molecule has 0 aromatic heterocycles. The van der Waals surface area contributed by atoms with Gasteiger partial charge in [-0.2, -0.15) is 0 Å². The quantitative estimate of drug-likeness (QED) is 0.735. The van der Waals surface area contributed by atoms with E-state index in [9.17, 15) is 4.79 Å². The zero-order valence-corrected chi connectivity index (χ0v) is 9.37. The molecule has 0 aromatic rings. The van der Waals surface area contributed by atoms with Crippen LogP contribution in [-0.4, -0.2) is 49.7 Å². The number of hydrogen-bond acceptors (Lipinski definition) is 3. The lowest BCUT2D eigenvalue weighted by Crippen LogP contribution is -2.51. The molecule has 15 heavy (non-hydrogen) atoms. The van der Waals surface area contributed by atoms with Crippen LogP contribution in [0.2, 0.25) is 0 Å². The monoisotopic (exact) mass is 212 g/mol. The third-order valence-electron chi connectivity index (χ3n) is 3.39. The number of ether oxygens (including phenoxy) is 1. The Kier molecular flexibility index (Phi) is 3.59. The van der Waals surface area contributed by atoms with Crippen molar-refractivity contribution in [2.24, 2.45) is 0 Å². The highest BCUT2D eigenvalue weighted by Gasteiger charge is 2.37. The van der Waals surface area contributed by atoms with Crippen LogP contribution < -0.4 is 5.32 Å². The third-order valence-corrected chi connectivity index (χ3v) is 3.39. The topological polar surface area (TPSA) is 41.6 Å². The Balaban J connectivity index is 1.92. The first kappa shape index (κ1) is 10.9. The molecular formula is C11H20N2O2. The molecule has 1 heterocycles. The van der Waals surface area contributed by atoms with Gasteiger partial charge in [0.15, 0.2) is 0 Å². The summed E-state index contributed by atoms with van der Waals surface area (Å²) in [5, 5.41) is 3.02. The van der Waals surface area contributed by atoms with Gasteiger partial charge in [0.2, 0.25) is 5.91 Å². The lowest BCUT2D eigenvalue weighted by atomic mass is 10.1. The highest BCUT2D eigenvalue weighted by Crippen LogP contribution is 2.29. The van der Waals surface area contributed by atoms with E-state index in [1.165, 1.54) is 6.42 Å². The van der Waals surface area contributed by atoms with Crippen molar-refractivity contribution in [3.8, 4) is 0 Å². The average molecular weight is 212 g/mol. The maximum Gasteiger partial charge on any atom is 0.224 e. The van der Waals surface area contributed by atoms with Crippen LogP contribution in [0.5, 0.6) is 0 Å². The van der Waals surface area contributed by atoms with E-state index >= 15 is 0 Å². The van der Waals surface area contributed by atoms with E-state index in [-0.39, 0.29) is 5.91 Å². The number of nitrogens with zero attached hydrogens (tertiary/aromatic N) is 1. The van der Waals surface area contributed by atoms with Crippen LogP contribution in [0.3, 0.4) is 0 Å². The standard InChI is InChI=1S/C11H20N2O2/c1-12-6-5-11(14)13-7-8-15-10-4-2-3-9(10)13/h9-10,12H,2-8H2,1H3. The van der Waals surface area contributed by atoms with Crippen molar-refractivity contribution in [1.82, 2.24) is 10.2 Å². The molecular weight excluding hydrogens is 192 g/mol. The van der Waals surface area contributed by atoms with Crippen molar-refractivity contribution in [2.45, 2.75) is 37.8 Å². The van der Waals surface area contributed by atoms with E-state index in [4.69, 9.17) is 4.74 Å². The lowest BCUT2D eigenvalue weighted by Gasteiger charge is -2.37. The van der Waals surface area contributed by atoms with Crippen molar-refractivity contribution < 1.29 is 9.53 Å². The van der Waals surface area contributed by atoms with Crippen molar-refractivity contribution in [1.29, 1.82) is 0 Å². The van der Waals surface area contributed by atoms with Crippen molar-refractivity contribution in [3.63, 3.8) is 0 Å². The van der Waals surface area contributed by atoms with E-state index in [0.717, 1.165) is 25.9 Å². The minimum Gasteiger partial charge on any atom is -0.374 e. The molecule has 0 spiro atoms. The first-order chi connectivity index (χ1) is 7.33. The molecule has 2 rings (SSSR count). The first-order valence-electron chi connectivity index (χ1n) is 5.88. The Labute approximate surface area is 91.0 Å². The van der Waals surface area contributed by atoms with Crippen LogP contribution in [0.25, 0.3) is 0 Å². The fourth-order valence-electron chi connectivity index (χ4n) is 2.61. The normalized spacial score (nSPS) is 30.3. The van der Waals surface area contributed by atoms with Gasteiger partial charge in [-0.1, -0.05) is 0 Å². The molecule has 2 fully saturated rings. The van der Waals surface area contributed by atoms with Gasteiger partial charge in [0.05, 0.1) is 18.8 Å². The predicted octanol–water partition coefficient (Wildman–Crippen LogP) is 0.376. The highest BCUT2D eigenvalue weighted by molar-refractivity contribution is 5.77. The van der Waals surface area contributed by atoms with Crippen molar-refractivity contribution in [2.75, 3.05) is 26.7 Å². The van der Waals surface area contributed by atoms with Crippen LogP contribution in [0.15, 0.2) is 0 Å². The van der Waals surface area contributed by atoms with Crippen LogP contribution >= 0.6 is 0 Å². The molecule has 0 radical (unpaired) electrons. The zero-order valence-electron chi connectivity index (χ0n) is 9.37. The maximum absolute atomic E-state index is 11.9. The fraction of sp³-hybridized carbons (Fsp3) is 0.909. The second-order valence-electron chi connectivity index (χ2n) is 4.35. The van der Waals surface area contributed by atoms with Gasteiger partial charge in [-0.3, -0.25) is 4.79 Å². The minimum atomic E-state index is 0.282. The average Bonchev–Trinajstić information content (AvgIpc) is 2.73. The van der Waals surface area contributed by atoms with E-state index in [2.05, 4.69) is 5.32 Å². The molecule has 1 N–H and O–H groups in total. The van der Waals surface area contributed by atoms with Gasteiger partial charge in [-0.15, -0.1) is 0 Å². The minimum absolute atomic E-state index is 0.282. The van der Waals surface area contributed by atoms with E-state index < -0.39 is 0 Å². The molecule has 4 heteroatoms. The van der Waals surface area contributed by atoms with Gasteiger partial charge in [0, 0.05) is 19.5 Å². The number of carbonyl (C=O) groups excluding carboxylic acids is 1. The van der Waals surface area contributed by atoms with Gasteiger partial charge in [0.25, 0.3) is 0 Å². The molecule has 86 valence electrons. The number of carbonyl (C=O) groups is 1. The molecule has 1 saturated heterocycles. The third kappa shape index (κ3) is 2.32. The summed E-state index contributed by atoms with van der Waals surface area (Å²) in [6.07, 6.45) is 4.37. The van der Waals surface area contributed by atoms with Crippen LogP contribution in [0, 0.1) is 0 Å². The smallest absolute Gasteiger partial charge is 0.224 e. The SMILES string of the molecule is CNCCC(=O)N1CCOC2CCCC21. The molecule has 0 aromatic carbocycles. The molecule has 4 nitrogen and oxygen atoms in total. The Morgan fingerprint density at radius 2 is 2.40 bits per heavy atom. The largest absolute Gasteiger partial charge is 0.374 e. The molecule has 1 aliphatic heterocycles. The van der Waals surface area contributed by atoms with E-state index in [1.54, 1.807) is 0 Å². The number of morpholine rings is 1. The molecule has 1 amide bonds. The summed E-state index contributed by atoms with van der Waals surface area (Å²) in [5.41, 5.74) is 0. The summed E-state index contributed by atoms with van der Waals surface area (Å²) in [6, 6.07) is 0.364. The van der Waals surface area contributed by atoms with Crippen molar-refractivity contribution in [3.05, 3.63) is 0 Å². The molecule has 2 unspecified atom stereocenters. The van der Waals surface area contributed by atoms with Crippen LogP contribution in [0.4, 0.5) is 0 Å². The van der Waals surface area contributed by atoms with Gasteiger partial charge >= 0.3 is 0 Å². The maximum atomic E-state index is 11.9. The first-order valence-corrected chi connectivity index (χ1v) is 5.88. The molecule has 2 aliphatic rings. The number of rotatable bonds is 3.